The number of benzene rings is 1. The minimum atomic E-state index is -4.37. The quantitative estimate of drug-likeness (QED) is 0.459. The molecule has 0 radical (unpaired) electrons. The van der Waals surface area contributed by atoms with Crippen LogP contribution in [0.5, 0.6) is 0 Å². The highest BCUT2D eigenvalue weighted by Crippen LogP contribution is 2.44. The van der Waals surface area contributed by atoms with Crippen LogP contribution in [0.2, 0.25) is 0 Å². The summed E-state index contributed by atoms with van der Waals surface area (Å²) in [5, 5.41) is 3.64. The molecule has 2 heterocycles. The van der Waals surface area contributed by atoms with E-state index in [0.717, 1.165) is 23.6 Å². The van der Waals surface area contributed by atoms with Gasteiger partial charge in [0.25, 0.3) is 0 Å². The number of hydrogen-bond acceptors (Lipinski definition) is 4. The summed E-state index contributed by atoms with van der Waals surface area (Å²) in [6.07, 6.45) is 4.35. The average molecular weight is 526 g/mol. The Hall–Kier alpha value is -2.97. The monoisotopic (exact) mass is 525 g/mol. The maximum absolute atomic E-state index is 13.8. The van der Waals surface area contributed by atoms with E-state index in [2.05, 4.69) is 40.8 Å². The lowest BCUT2D eigenvalue weighted by molar-refractivity contribution is -0.0955. The van der Waals surface area contributed by atoms with Crippen molar-refractivity contribution < 1.29 is 13.2 Å². The number of nitrogens with one attached hydrogen (secondary N) is 1. The van der Waals surface area contributed by atoms with E-state index in [9.17, 15) is 13.2 Å². The standard InChI is InChI=1S/C30H38F3N5/c1-20-24(14-17-34-28(20)35-21(2)22-11-8-7-9-12-22)26-27(36-25(38(26)6)15-18-37(4)5)29(3)16-10-13-23(19-29)30(31,32)33/h7-14,16-17,20-21,28,35H,15,18-19H2,1-6H3/t20?,21-,28?,29?/m0/s1. The Morgan fingerprint density at radius 2 is 1.89 bits per heavy atom. The summed E-state index contributed by atoms with van der Waals surface area (Å²) in [5.41, 5.74) is 2.34. The lowest BCUT2D eigenvalue weighted by atomic mass is 9.75. The summed E-state index contributed by atoms with van der Waals surface area (Å²) in [6.45, 7) is 6.88. The fourth-order valence-corrected chi connectivity index (χ4v) is 5.31. The number of aliphatic imine (C=N–C) groups is 1. The Bertz CT molecular complexity index is 1250. The molecule has 1 aliphatic carbocycles. The van der Waals surface area contributed by atoms with Crippen LogP contribution in [0.3, 0.4) is 0 Å². The molecular weight excluding hydrogens is 487 g/mol. The van der Waals surface area contributed by atoms with E-state index in [1.807, 2.05) is 58.4 Å². The van der Waals surface area contributed by atoms with Crippen LogP contribution in [0.4, 0.5) is 13.2 Å². The minimum absolute atomic E-state index is 0.0178. The number of alkyl halides is 3. The molecular formula is C30H38F3N5. The molecule has 4 rings (SSSR count). The number of halogens is 3. The van der Waals surface area contributed by atoms with Crippen molar-refractivity contribution in [3.63, 3.8) is 0 Å². The third-order valence-corrected chi connectivity index (χ3v) is 7.65. The highest BCUT2D eigenvalue weighted by atomic mass is 19.4. The maximum Gasteiger partial charge on any atom is 0.412 e. The molecule has 2 aliphatic rings. The first-order chi connectivity index (χ1) is 17.9. The Morgan fingerprint density at radius 1 is 1.18 bits per heavy atom. The maximum atomic E-state index is 13.8. The molecule has 0 bridgehead atoms. The fourth-order valence-electron chi connectivity index (χ4n) is 5.31. The van der Waals surface area contributed by atoms with Gasteiger partial charge in [-0.25, -0.2) is 4.98 Å². The molecule has 4 atom stereocenters. The molecule has 1 aromatic heterocycles. The molecule has 8 heteroatoms. The first kappa shape index (κ1) is 28.0. The Labute approximate surface area is 223 Å². The molecule has 3 unspecified atom stereocenters. The molecule has 0 spiro atoms. The number of imidazole rings is 1. The minimum Gasteiger partial charge on any atom is -0.331 e. The van der Waals surface area contributed by atoms with Crippen LogP contribution in [0, 0.1) is 5.92 Å². The van der Waals surface area contributed by atoms with Gasteiger partial charge in [-0.2, -0.15) is 13.2 Å². The largest absolute Gasteiger partial charge is 0.412 e. The van der Waals surface area contributed by atoms with Crippen molar-refractivity contribution >= 4 is 11.8 Å². The first-order valence-corrected chi connectivity index (χ1v) is 13.1. The van der Waals surface area contributed by atoms with Gasteiger partial charge in [-0.05, 0) is 44.7 Å². The highest BCUT2D eigenvalue weighted by molar-refractivity contribution is 5.87. The third kappa shape index (κ3) is 5.86. The van der Waals surface area contributed by atoms with Crippen LogP contribution < -0.4 is 5.32 Å². The summed E-state index contributed by atoms with van der Waals surface area (Å²) in [7, 11) is 5.98. The average Bonchev–Trinajstić information content (AvgIpc) is 3.20. The van der Waals surface area contributed by atoms with Crippen molar-refractivity contribution in [1.82, 2.24) is 19.8 Å². The predicted molar refractivity (Wildman–Crippen MR) is 148 cm³/mol. The van der Waals surface area contributed by atoms with E-state index in [1.165, 1.54) is 17.7 Å². The van der Waals surface area contributed by atoms with E-state index < -0.39 is 17.2 Å². The zero-order valence-corrected chi connectivity index (χ0v) is 23.0. The molecule has 0 saturated heterocycles. The topological polar surface area (TPSA) is 45.5 Å². The molecule has 0 saturated carbocycles. The van der Waals surface area contributed by atoms with Crippen LogP contribution in [-0.2, 0) is 18.9 Å². The molecule has 204 valence electrons. The van der Waals surface area contributed by atoms with Crippen LogP contribution in [0.1, 0.15) is 56.0 Å². The lowest BCUT2D eigenvalue weighted by Crippen LogP contribution is -2.38. The summed E-state index contributed by atoms with van der Waals surface area (Å²) < 4.78 is 43.3. The Balaban J connectivity index is 1.72. The molecule has 0 amide bonds. The Morgan fingerprint density at radius 3 is 2.55 bits per heavy atom. The van der Waals surface area contributed by atoms with Crippen LogP contribution in [0.25, 0.3) is 5.57 Å². The second-order valence-electron chi connectivity index (χ2n) is 10.9. The van der Waals surface area contributed by atoms with Crippen molar-refractivity contribution in [3.8, 4) is 0 Å². The van der Waals surface area contributed by atoms with Crippen LogP contribution in [0.15, 0.2) is 65.2 Å². The number of allylic oxidation sites excluding steroid dienone is 5. The van der Waals surface area contributed by atoms with E-state index in [4.69, 9.17) is 9.98 Å². The lowest BCUT2D eigenvalue weighted by Gasteiger charge is -2.33. The predicted octanol–water partition coefficient (Wildman–Crippen LogP) is 6.01. The highest BCUT2D eigenvalue weighted by Gasteiger charge is 2.43. The summed E-state index contributed by atoms with van der Waals surface area (Å²) in [4.78, 5) is 11.8. The van der Waals surface area contributed by atoms with E-state index in [0.29, 0.717) is 12.1 Å². The molecule has 1 aromatic carbocycles. The fraction of sp³-hybridized carbons (Fsp3) is 0.467. The normalized spacial score (nSPS) is 24.5. The van der Waals surface area contributed by atoms with Crippen molar-refractivity contribution in [2.24, 2.45) is 18.0 Å². The van der Waals surface area contributed by atoms with Crippen LogP contribution >= 0.6 is 0 Å². The molecule has 38 heavy (non-hydrogen) atoms. The number of hydrogen-bond donors (Lipinski definition) is 1. The van der Waals surface area contributed by atoms with Gasteiger partial charge in [0.05, 0.1) is 11.4 Å². The van der Waals surface area contributed by atoms with Gasteiger partial charge in [0, 0.05) is 49.2 Å². The summed E-state index contributed by atoms with van der Waals surface area (Å²) >= 11 is 0. The number of likely N-dealkylation sites (N-methyl/N-ethyl adjacent to an activating group) is 1. The third-order valence-electron chi connectivity index (χ3n) is 7.65. The summed E-state index contributed by atoms with van der Waals surface area (Å²) in [5.74, 6) is 0.843. The van der Waals surface area contributed by atoms with Crippen molar-refractivity contribution in [2.45, 2.75) is 57.4 Å². The van der Waals surface area contributed by atoms with Gasteiger partial charge in [-0.3, -0.25) is 10.3 Å². The van der Waals surface area contributed by atoms with E-state index in [-0.39, 0.29) is 24.5 Å². The van der Waals surface area contributed by atoms with Crippen molar-refractivity contribution in [1.29, 1.82) is 0 Å². The molecule has 1 aliphatic heterocycles. The van der Waals surface area contributed by atoms with Gasteiger partial charge < -0.3 is 9.47 Å². The number of rotatable bonds is 8. The van der Waals surface area contributed by atoms with Gasteiger partial charge in [0.2, 0.25) is 0 Å². The second-order valence-corrected chi connectivity index (χ2v) is 10.9. The molecule has 1 N–H and O–H groups in total. The molecule has 5 nitrogen and oxygen atoms in total. The number of dihydropyridines is 1. The zero-order valence-electron chi connectivity index (χ0n) is 23.0. The van der Waals surface area contributed by atoms with Gasteiger partial charge in [0.1, 0.15) is 12.0 Å². The van der Waals surface area contributed by atoms with Crippen molar-refractivity contribution in [3.05, 3.63) is 83.0 Å². The Kier molecular flexibility index (Phi) is 8.14. The number of nitrogens with zero attached hydrogens (tertiary/aromatic N) is 4. The van der Waals surface area contributed by atoms with Gasteiger partial charge >= 0.3 is 6.18 Å². The zero-order chi connectivity index (χ0) is 27.7. The van der Waals surface area contributed by atoms with E-state index >= 15 is 0 Å². The smallest absolute Gasteiger partial charge is 0.331 e. The van der Waals surface area contributed by atoms with Gasteiger partial charge in [-0.1, -0.05) is 62.4 Å². The second kappa shape index (κ2) is 11.0. The van der Waals surface area contributed by atoms with E-state index in [1.54, 1.807) is 6.21 Å². The molecule has 2 aromatic rings. The summed E-state index contributed by atoms with van der Waals surface area (Å²) in [6, 6.07) is 10.3. The van der Waals surface area contributed by atoms with Crippen molar-refractivity contribution in [2.75, 3.05) is 20.6 Å². The van der Waals surface area contributed by atoms with Gasteiger partial charge in [0.15, 0.2) is 0 Å². The number of aromatic nitrogens is 2. The first-order valence-electron chi connectivity index (χ1n) is 13.1. The SMILES string of the molecule is CC1C(c2c(C3(C)C=CC=C(C(F)(F)F)C3)nc(CCN(C)C)n2C)=CC=NC1N[C@@H](C)c1ccccc1. The van der Waals surface area contributed by atoms with Crippen LogP contribution in [-0.4, -0.2) is 53.6 Å². The van der Waals surface area contributed by atoms with Gasteiger partial charge in [-0.15, -0.1) is 0 Å². The molecule has 0 fully saturated rings.